The fourth-order valence-electron chi connectivity index (χ4n) is 5.63. The van der Waals surface area contributed by atoms with Crippen LogP contribution in [0.5, 0.6) is 0 Å². The Bertz CT molecular complexity index is 614. The predicted octanol–water partition coefficient (Wildman–Crippen LogP) is 19.3. The third kappa shape index (κ3) is 112. The van der Waals surface area contributed by atoms with Gasteiger partial charge in [0, 0.05) is 19.6 Å². The summed E-state index contributed by atoms with van der Waals surface area (Å²) in [7, 11) is 0. The lowest BCUT2D eigenvalue weighted by molar-refractivity contribution is -0.148. The number of nitrogens with zero attached hydrogens (tertiary/aromatic N) is 1. The van der Waals surface area contributed by atoms with Crippen LogP contribution in [-0.2, 0) is 19.1 Å². The van der Waals surface area contributed by atoms with Crippen molar-refractivity contribution >= 4 is 12.4 Å². The van der Waals surface area contributed by atoms with E-state index in [0.717, 1.165) is 45.2 Å². The maximum Gasteiger partial charge on any atom is 0.306 e. The molecule has 0 aliphatic carbocycles. The molecule has 1 N–H and O–H groups in total. The van der Waals surface area contributed by atoms with Gasteiger partial charge in [0.15, 0.2) is 0 Å². The summed E-state index contributed by atoms with van der Waals surface area (Å²) in [5, 5.41) is 9.17. The maximum absolute atomic E-state index is 12.0. The highest BCUT2D eigenvalue weighted by atomic mass is 16.5. The number of carbonyl (C=O) groups is 2. The SMILES string of the molecule is CC.CC.CC.CC.CCC.CCC.CCC.CCCCCCCCC(C)OC(=O)CCCCCCCN(CCCO)CCCCCCCC.CCCCCCCCCOC=O. The van der Waals surface area contributed by atoms with Crippen molar-refractivity contribution in [3.63, 3.8) is 0 Å². The minimum Gasteiger partial charge on any atom is -0.468 e. The van der Waals surface area contributed by atoms with Crippen molar-refractivity contribution < 1.29 is 24.2 Å². The van der Waals surface area contributed by atoms with E-state index < -0.39 is 0 Å². The third-order valence-corrected chi connectivity index (χ3v) is 8.55. The second-order valence-corrected chi connectivity index (χ2v) is 15.3. The number of carbonyl (C=O) groups excluding carboxylic acids is 2. The smallest absolute Gasteiger partial charge is 0.306 e. The first-order chi connectivity index (χ1) is 30.3. The molecule has 0 aromatic carbocycles. The van der Waals surface area contributed by atoms with Crippen LogP contribution in [0.25, 0.3) is 0 Å². The Balaban J connectivity index is -0.000000113. The second kappa shape index (κ2) is 98.6. The molecule has 62 heavy (non-hydrogen) atoms. The van der Waals surface area contributed by atoms with Crippen LogP contribution >= 0.6 is 0 Å². The lowest BCUT2D eigenvalue weighted by Gasteiger charge is -2.22. The van der Waals surface area contributed by atoms with E-state index in [1.165, 1.54) is 161 Å². The summed E-state index contributed by atoms with van der Waals surface area (Å²) >= 11 is 0. The zero-order valence-electron chi connectivity index (χ0n) is 46.9. The summed E-state index contributed by atoms with van der Waals surface area (Å²) in [6, 6.07) is 0. The highest BCUT2D eigenvalue weighted by Crippen LogP contribution is 2.13. The van der Waals surface area contributed by atoms with E-state index in [0.29, 0.717) is 26.1 Å². The molecule has 0 fully saturated rings. The maximum atomic E-state index is 12.0. The van der Waals surface area contributed by atoms with E-state index in [1.54, 1.807) is 0 Å². The van der Waals surface area contributed by atoms with E-state index in [2.05, 4.69) is 72.0 Å². The monoisotopic (exact) mass is 894 g/mol. The van der Waals surface area contributed by atoms with Crippen LogP contribution < -0.4 is 0 Å². The summed E-state index contributed by atoms with van der Waals surface area (Å²) in [5.41, 5.74) is 0. The number of ether oxygens (including phenoxy) is 2. The molecule has 0 aromatic heterocycles. The predicted molar refractivity (Wildman–Crippen MR) is 286 cm³/mol. The van der Waals surface area contributed by atoms with Gasteiger partial charge in [-0.05, 0) is 65.0 Å². The van der Waals surface area contributed by atoms with Gasteiger partial charge in [-0.25, -0.2) is 0 Å². The molecule has 386 valence electrons. The minimum absolute atomic E-state index is 0.0115. The van der Waals surface area contributed by atoms with Crippen LogP contribution in [0.15, 0.2) is 0 Å². The van der Waals surface area contributed by atoms with Gasteiger partial charge in [0.05, 0.1) is 12.7 Å². The van der Waals surface area contributed by atoms with Crippen LogP contribution in [0.1, 0.15) is 317 Å². The van der Waals surface area contributed by atoms with E-state index in [4.69, 9.17) is 9.84 Å². The highest BCUT2D eigenvalue weighted by Gasteiger charge is 2.09. The molecule has 0 rings (SSSR count). The van der Waals surface area contributed by atoms with Gasteiger partial charge in [-0.3, -0.25) is 9.59 Å². The van der Waals surface area contributed by atoms with Gasteiger partial charge < -0.3 is 19.5 Å². The summed E-state index contributed by atoms with van der Waals surface area (Å²) in [6.45, 7) is 42.3. The Labute approximate surface area is 396 Å². The number of aliphatic hydroxyl groups is 1. The Morgan fingerprint density at radius 2 is 0.774 bits per heavy atom. The zero-order valence-corrected chi connectivity index (χ0v) is 46.9. The molecule has 0 heterocycles. The summed E-state index contributed by atoms with van der Waals surface area (Å²) < 4.78 is 10.2. The first-order valence-electron chi connectivity index (χ1n) is 27.9. The lowest BCUT2D eigenvalue weighted by Crippen LogP contribution is -2.27. The average Bonchev–Trinajstić information content (AvgIpc) is 3.29. The molecule has 0 aromatic rings. The van der Waals surface area contributed by atoms with Crippen molar-refractivity contribution in [3.05, 3.63) is 0 Å². The molecule has 6 nitrogen and oxygen atoms in total. The first kappa shape index (κ1) is 81.1. The molecule has 1 unspecified atom stereocenters. The Hall–Kier alpha value is -1.14. The Morgan fingerprint density at radius 1 is 0.468 bits per heavy atom. The van der Waals surface area contributed by atoms with Crippen LogP contribution in [0.3, 0.4) is 0 Å². The molecule has 0 bridgehead atoms. The number of hydrogen-bond donors (Lipinski definition) is 1. The normalized spacial score (nSPS) is 9.74. The fraction of sp³-hybridized carbons (Fsp3) is 0.964. The standard InChI is InChI=1S/C29H59NO3.C10H20O2.3C3H8.4C2H6/c1-4-6-8-10-13-17-22-28(3)33-29(32)23-18-14-12-16-20-25-30(26-21-27-31)24-19-15-11-9-7-5-2;1-2-3-4-5-6-7-8-9-12-10-11;3*1-3-2;4*1-2/h28,31H,4-27H2,1-3H3;10H,2-9H2,1H3;3*3H2,1-2H3;4*1-2H3. The zero-order chi connectivity index (χ0) is 49.6. The molecule has 0 saturated carbocycles. The summed E-state index contributed by atoms with van der Waals surface area (Å²) in [5.74, 6) is -0.0115. The molecule has 0 radical (unpaired) electrons. The fourth-order valence-corrected chi connectivity index (χ4v) is 5.63. The number of unbranched alkanes of at least 4 members (excludes halogenated alkanes) is 20. The van der Waals surface area contributed by atoms with Crippen molar-refractivity contribution in [1.82, 2.24) is 4.90 Å². The molecular formula is C56H127NO5. The first-order valence-corrected chi connectivity index (χ1v) is 27.9. The van der Waals surface area contributed by atoms with E-state index in [1.807, 2.05) is 62.3 Å². The van der Waals surface area contributed by atoms with Gasteiger partial charge >= 0.3 is 5.97 Å². The van der Waals surface area contributed by atoms with Crippen molar-refractivity contribution in [1.29, 1.82) is 0 Å². The van der Waals surface area contributed by atoms with Crippen molar-refractivity contribution in [2.24, 2.45) is 0 Å². The molecule has 0 saturated heterocycles. The number of rotatable bonds is 35. The minimum atomic E-state index is -0.0115. The van der Waals surface area contributed by atoms with Crippen LogP contribution in [0.4, 0.5) is 0 Å². The number of esters is 1. The van der Waals surface area contributed by atoms with Gasteiger partial charge in [0.2, 0.25) is 0 Å². The van der Waals surface area contributed by atoms with E-state index >= 15 is 0 Å². The average molecular weight is 895 g/mol. The quantitative estimate of drug-likeness (QED) is 0.0388. The van der Waals surface area contributed by atoms with Gasteiger partial charge in [0.1, 0.15) is 0 Å². The number of hydrogen-bond acceptors (Lipinski definition) is 6. The lowest BCUT2D eigenvalue weighted by atomic mass is 10.1. The van der Waals surface area contributed by atoms with Gasteiger partial charge in [0.25, 0.3) is 6.47 Å². The molecular weight excluding hydrogens is 767 g/mol. The molecule has 0 aliphatic heterocycles. The second-order valence-electron chi connectivity index (χ2n) is 15.3. The van der Waals surface area contributed by atoms with Crippen LogP contribution in [-0.4, -0.2) is 61.4 Å². The molecule has 0 aliphatic rings. The van der Waals surface area contributed by atoms with Crippen molar-refractivity contribution in [3.8, 4) is 0 Å². The van der Waals surface area contributed by atoms with Gasteiger partial charge in [-0.1, -0.05) is 259 Å². The van der Waals surface area contributed by atoms with E-state index in [-0.39, 0.29) is 12.1 Å². The van der Waals surface area contributed by atoms with Gasteiger partial charge in [-0.15, -0.1) is 0 Å². The Morgan fingerprint density at radius 3 is 1.13 bits per heavy atom. The topological polar surface area (TPSA) is 76.1 Å². The largest absolute Gasteiger partial charge is 0.468 e. The molecule has 6 heteroatoms. The Kier molecular flexibility index (Phi) is 129. The summed E-state index contributed by atoms with van der Waals surface area (Å²) in [6.07, 6.45) is 36.6. The summed E-state index contributed by atoms with van der Waals surface area (Å²) in [4.78, 5) is 24.3. The van der Waals surface area contributed by atoms with Crippen LogP contribution in [0, 0.1) is 0 Å². The molecule has 1 atom stereocenters. The molecule has 0 spiro atoms. The number of aliphatic hydroxyl groups excluding tert-OH is 1. The van der Waals surface area contributed by atoms with Gasteiger partial charge in [-0.2, -0.15) is 0 Å². The van der Waals surface area contributed by atoms with E-state index in [9.17, 15) is 9.59 Å². The van der Waals surface area contributed by atoms with Crippen LogP contribution in [0.2, 0.25) is 0 Å². The van der Waals surface area contributed by atoms with Crippen molar-refractivity contribution in [2.75, 3.05) is 32.8 Å². The third-order valence-electron chi connectivity index (χ3n) is 8.55. The van der Waals surface area contributed by atoms with Crippen molar-refractivity contribution in [2.45, 2.75) is 323 Å². The molecule has 0 amide bonds. The highest BCUT2D eigenvalue weighted by molar-refractivity contribution is 5.69.